The van der Waals surface area contributed by atoms with Crippen LogP contribution < -0.4 is 5.32 Å². The monoisotopic (exact) mass is 276 g/mol. The van der Waals surface area contributed by atoms with Crippen LogP contribution >= 0.6 is 0 Å². The molecule has 1 aliphatic heterocycles. The van der Waals surface area contributed by atoms with E-state index in [9.17, 15) is 4.39 Å². The number of hydrogen-bond acceptors (Lipinski definition) is 2. The highest BCUT2D eigenvalue weighted by molar-refractivity contribution is 5.30. The van der Waals surface area contributed by atoms with Crippen molar-refractivity contribution in [2.24, 2.45) is 5.92 Å². The Kier molecular flexibility index (Phi) is 4.37. The van der Waals surface area contributed by atoms with Gasteiger partial charge < -0.3 is 5.32 Å². The van der Waals surface area contributed by atoms with Crippen LogP contribution in [0.1, 0.15) is 42.9 Å². The van der Waals surface area contributed by atoms with E-state index in [0.717, 1.165) is 37.7 Å². The van der Waals surface area contributed by atoms with Gasteiger partial charge in [-0.25, -0.2) is 4.39 Å². The molecule has 1 N–H and O–H groups in total. The Labute approximate surface area is 121 Å². The predicted molar refractivity (Wildman–Crippen MR) is 80.3 cm³/mol. The van der Waals surface area contributed by atoms with Crippen molar-refractivity contribution in [1.29, 1.82) is 0 Å². The van der Waals surface area contributed by atoms with Crippen LogP contribution in [0.5, 0.6) is 0 Å². The Balaban J connectivity index is 1.90. The minimum absolute atomic E-state index is 0.114. The summed E-state index contributed by atoms with van der Waals surface area (Å²) in [5.41, 5.74) is 2.46. The molecule has 1 saturated carbocycles. The zero-order chi connectivity index (χ0) is 13.9. The van der Waals surface area contributed by atoms with E-state index in [2.05, 4.69) is 17.1 Å². The standard InChI is InChI=1S/C17H25FN2/c1-13-12-15(18)6-7-16(13)17(14-4-2-3-5-14)20-10-8-19-9-11-20/h6-7,12,14,17,19H,2-5,8-11H2,1H3/t17-/m0/s1. The number of piperazine rings is 1. The number of halogens is 1. The molecule has 1 atom stereocenters. The molecule has 20 heavy (non-hydrogen) atoms. The molecule has 3 heteroatoms. The first-order valence-corrected chi connectivity index (χ1v) is 7.96. The summed E-state index contributed by atoms with van der Waals surface area (Å²) in [6.45, 7) is 6.42. The fourth-order valence-corrected chi connectivity index (χ4v) is 3.95. The van der Waals surface area contributed by atoms with Crippen LogP contribution in [-0.2, 0) is 0 Å². The molecular formula is C17H25FN2. The number of nitrogens with one attached hydrogen (secondary N) is 1. The maximum atomic E-state index is 13.4. The van der Waals surface area contributed by atoms with Crippen LogP contribution in [0.3, 0.4) is 0 Å². The maximum Gasteiger partial charge on any atom is 0.123 e. The molecular weight excluding hydrogens is 251 g/mol. The van der Waals surface area contributed by atoms with Crippen molar-refractivity contribution in [2.45, 2.75) is 38.6 Å². The summed E-state index contributed by atoms with van der Waals surface area (Å²) < 4.78 is 13.4. The topological polar surface area (TPSA) is 15.3 Å². The number of nitrogens with zero attached hydrogens (tertiary/aromatic N) is 1. The number of aryl methyl sites for hydroxylation is 1. The minimum atomic E-state index is -0.114. The van der Waals surface area contributed by atoms with Gasteiger partial charge in [0.05, 0.1) is 0 Å². The summed E-state index contributed by atoms with van der Waals surface area (Å²) in [6, 6.07) is 5.84. The highest BCUT2D eigenvalue weighted by Gasteiger charge is 2.32. The zero-order valence-corrected chi connectivity index (χ0v) is 12.4. The van der Waals surface area contributed by atoms with E-state index in [1.54, 1.807) is 12.1 Å². The van der Waals surface area contributed by atoms with Crippen LogP contribution in [0.4, 0.5) is 4.39 Å². The summed E-state index contributed by atoms with van der Waals surface area (Å²) in [7, 11) is 0. The molecule has 3 rings (SSSR count). The Hall–Kier alpha value is -0.930. The number of rotatable bonds is 3. The van der Waals surface area contributed by atoms with Crippen LogP contribution in [0.2, 0.25) is 0 Å². The molecule has 1 aromatic rings. The lowest BCUT2D eigenvalue weighted by Crippen LogP contribution is -2.46. The summed E-state index contributed by atoms with van der Waals surface area (Å²) in [4.78, 5) is 2.62. The third-order valence-corrected chi connectivity index (χ3v) is 4.94. The highest BCUT2D eigenvalue weighted by Crippen LogP contribution is 2.40. The third kappa shape index (κ3) is 2.89. The SMILES string of the molecule is Cc1cc(F)ccc1[C@H](C1CCCC1)N1CCNCC1. The zero-order valence-electron chi connectivity index (χ0n) is 12.4. The van der Waals surface area contributed by atoms with Crippen molar-refractivity contribution in [1.82, 2.24) is 10.2 Å². The molecule has 0 amide bonds. The molecule has 2 nitrogen and oxygen atoms in total. The average molecular weight is 276 g/mol. The van der Waals surface area contributed by atoms with E-state index in [-0.39, 0.29) is 5.82 Å². The van der Waals surface area contributed by atoms with Crippen LogP contribution in [-0.4, -0.2) is 31.1 Å². The first-order valence-electron chi connectivity index (χ1n) is 7.96. The molecule has 2 fully saturated rings. The second-order valence-electron chi connectivity index (χ2n) is 6.28. The van der Waals surface area contributed by atoms with Gasteiger partial charge in [0, 0.05) is 32.2 Å². The summed E-state index contributed by atoms with van der Waals surface area (Å²) in [6.07, 6.45) is 5.36. The Morgan fingerprint density at radius 3 is 2.55 bits per heavy atom. The Morgan fingerprint density at radius 1 is 1.20 bits per heavy atom. The molecule has 1 heterocycles. The van der Waals surface area contributed by atoms with Gasteiger partial charge in [0.25, 0.3) is 0 Å². The third-order valence-electron chi connectivity index (χ3n) is 4.94. The second-order valence-corrected chi connectivity index (χ2v) is 6.28. The van der Waals surface area contributed by atoms with Crippen molar-refractivity contribution in [3.8, 4) is 0 Å². The van der Waals surface area contributed by atoms with Crippen LogP contribution in [0, 0.1) is 18.7 Å². The van der Waals surface area contributed by atoms with E-state index in [0.29, 0.717) is 6.04 Å². The normalized spacial score (nSPS) is 23.1. The lowest BCUT2D eigenvalue weighted by Gasteiger charge is -2.39. The van der Waals surface area contributed by atoms with Gasteiger partial charge in [-0.2, -0.15) is 0 Å². The largest absolute Gasteiger partial charge is 0.314 e. The van der Waals surface area contributed by atoms with E-state index in [1.807, 2.05) is 6.07 Å². The molecule has 0 radical (unpaired) electrons. The highest BCUT2D eigenvalue weighted by atomic mass is 19.1. The minimum Gasteiger partial charge on any atom is -0.314 e. The number of hydrogen-bond donors (Lipinski definition) is 1. The van der Waals surface area contributed by atoms with Crippen molar-refractivity contribution in [2.75, 3.05) is 26.2 Å². The van der Waals surface area contributed by atoms with Crippen molar-refractivity contribution in [3.63, 3.8) is 0 Å². The van der Waals surface area contributed by atoms with Gasteiger partial charge in [-0.15, -0.1) is 0 Å². The quantitative estimate of drug-likeness (QED) is 0.911. The van der Waals surface area contributed by atoms with E-state index in [1.165, 1.54) is 31.2 Å². The van der Waals surface area contributed by atoms with Crippen LogP contribution in [0.25, 0.3) is 0 Å². The van der Waals surface area contributed by atoms with Gasteiger partial charge in [-0.3, -0.25) is 4.90 Å². The molecule has 2 aliphatic rings. The van der Waals surface area contributed by atoms with E-state index in [4.69, 9.17) is 0 Å². The fraction of sp³-hybridized carbons (Fsp3) is 0.647. The molecule has 110 valence electrons. The Morgan fingerprint density at radius 2 is 1.90 bits per heavy atom. The predicted octanol–water partition coefficient (Wildman–Crippen LogP) is 3.27. The van der Waals surface area contributed by atoms with E-state index < -0.39 is 0 Å². The lowest BCUT2D eigenvalue weighted by molar-refractivity contribution is 0.125. The summed E-state index contributed by atoms with van der Waals surface area (Å²) in [5, 5.41) is 3.43. The first-order chi connectivity index (χ1) is 9.75. The summed E-state index contributed by atoms with van der Waals surface area (Å²) in [5.74, 6) is 0.633. The molecule has 0 unspecified atom stereocenters. The van der Waals surface area contributed by atoms with Gasteiger partial charge in [0.2, 0.25) is 0 Å². The molecule has 0 spiro atoms. The molecule has 0 bridgehead atoms. The van der Waals surface area contributed by atoms with Crippen molar-refractivity contribution >= 4 is 0 Å². The van der Waals surface area contributed by atoms with Crippen LogP contribution in [0.15, 0.2) is 18.2 Å². The van der Waals surface area contributed by atoms with Gasteiger partial charge >= 0.3 is 0 Å². The molecule has 1 aromatic carbocycles. The number of benzene rings is 1. The maximum absolute atomic E-state index is 13.4. The molecule has 1 aliphatic carbocycles. The lowest BCUT2D eigenvalue weighted by atomic mass is 9.87. The molecule has 0 aromatic heterocycles. The molecule has 1 saturated heterocycles. The second kappa shape index (κ2) is 6.23. The van der Waals surface area contributed by atoms with Gasteiger partial charge in [-0.1, -0.05) is 18.9 Å². The fourth-order valence-electron chi connectivity index (χ4n) is 3.95. The van der Waals surface area contributed by atoms with E-state index >= 15 is 0 Å². The van der Waals surface area contributed by atoms with Gasteiger partial charge in [-0.05, 0) is 48.9 Å². The average Bonchev–Trinajstić information content (AvgIpc) is 2.97. The first kappa shape index (κ1) is 14.0. The summed E-state index contributed by atoms with van der Waals surface area (Å²) >= 11 is 0. The van der Waals surface area contributed by atoms with Gasteiger partial charge in [0.15, 0.2) is 0 Å². The Bertz CT molecular complexity index is 448. The van der Waals surface area contributed by atoms with Gasteiger partial charge in [0.1, 0.15) is 5.82 Å². The smallest absolute Gasteiger partial charge is 0.123 e. The van der Waals surface area contributed by atoms with Crippen molar-refractivity contribution in [3.05, 3.63) is 35.1 Å². The van der Waals surface area contributed by atoms with Crippen molar-refractivity contribution < 1.29 is 4.39 Å².